The van der Waals surface area contributed by atoms with Gasteiger partial charge in [0.25, 0.3) is 0 Å². The van der Waals surface area contributed by atoms with E-state index < -0.39 is 0 Å². The van der Waals surface area contributed by atoms with Crippen molar-refractivity contribution in [3.63, 3.8) is 0 Å². The van der Waals surface area contributed by atoms with Crippen LogP contribution < -0.4 is 10.6 Å². The van der Waals surface area contributed by atoms with Gasteiger partial charge in [-0.05, 0) is 36.4 Å². The van der Waals surface area contributed by atoms with Crippen molar-refractivity contribution >= 4 is 51.5 Å². The Morgan fingerprint density at radius 1 is 0.971 bits per heavy atom. The molecule has 6 rings (SSSR count). The molecule has 2 N–H and O–H groups in total. The predicted octanol–water partition coefficient (Wildman–Crippen LogP) is 4.05. The highest BCUT2D eigenvalue weighted by molar-refractivity contribution is 6.36. The lowest BCUT2D eigenvalue weighted by atomic mass is 10.2. The van der Waals surface area contributed by atoms with Crippen LogP contribution in [0.3, 0.4) is 0 Å². The van der Waals surface area contributed by atoms with Crippen LogP contribution in [0.4, 0.5) is 11.6 Å². The lowest BCUT2D eigenvalue weighted by Gasteiger charge is -2.36. The van der Waals surface area contributed by atoms with E-state index in [0.29, 0.717) is 33.2 Å². The molecule has 1 aliphatic heterocycles. The average Bonchev–Trinajstić information content (AvgIpc) is 3.58. The number of hydrogen-bond donors (Lipinski definition) is 1. The van der Waals surface area contributed by atoms with E-state index in [1.165, 1.54) is 0 Å². The number of nitrogens with zero attached hydrogens (tertiary/aromatic N) is 7. The third-order valence-electron chi connectivity index (χ3n) is 6.24. The Hall–Kier alpha value is -3.27. The molecular formula is C23H22Cl2N8O. The number of rotatable bonds is 5. The van der Waals surface area contributed by atoms with Gasteiger partial charge in [0.1, 0.15) is 5.65 Å². The second kappa shape index (κ2) is 8.50. The van der Waals surface area contributed by atoms with Gasteiger partial charge < -0.3 is 19.6 Å². The number of aromatic nitrogens is 5. The fraction of sp³-hybridized carbons (Fsp3) is 0.261. The first-order valence-corrected chi connectivity index (χ1v) is 11.8. The summed E-state index contributed by atoms with van der Waals surface area (Å²) in [7, 11) is 0. The zero-order valence-corrected chi connectivity index (χ0v) is 19.7. The highest BCUT2D eigenvalue weighted by Crippen LogP contribution is 2.29. The maximum absolute atomic E-state index is 6.39. The molecule has 1 fully saturated rings. The molecule has 1 saturated heterocycles. The summed E-state index contributed by atoms with van der Waals surface area (Å²) in [6.07, 6.45) is 3.63. The molecule has 1 aromatic carbocycles. The fourth-order valence-corrected chi connectivity index (χ4v) is 4.98. The quantitative estimate of drug-likeness (QED) is 0.392. The Morgan fingerprint density at radius 2 is 1.82 bits per heavy atom. The van der Waals surface area contributed by atoms with Crippen LogP contribution in [0.5, 0.6) is 0 Å². The Kier molecular flexibility index (Phi) is 5.32. The Labute approximate surface area is 205 Å². The monoisotopic (exact) mass is 496 g/mol. The molecule has 0 bridgehead atoms. The van der Waals surface area contributed by atoms with Crippen molar-refractivity contribution in [3.8, 4) is 11.6 Å². The van der Waals surface area contributed by atoms with Gasteiger partial charge in [0.05, 0.1) is 22.4 Å². The normalized spacial score (nSPS) is 15.1. The number of hydrogen-bond acceptors (Lipinski definition) is 7. The highest BCUT2D eigenvalue weighted by Gasteiger charge is 2.20. The minimum Gasteiger partial charge on any atom is -0.461 e. The van der Waals surface area contributed by atoms with E-state index in [1.54, 1.807) is 22.9 Å². The lowest BCUT2D eigenvalue weighted by molar-refractivity contribution is 0.249. The van der Waals surface area contributed by atoms with E-state index in [1.807, 2.05) is 30.5 Å². The minimum absolute atomic E-state index is 0.293. The standard InChI is InChI=1S/C23H22Cl2N8O/c24-15-3-4-18(17(25)14-15)31-10-7-30(8-11-31)9-12-32-6-5-16-21(32)28-23(26)33-22(16)27-20(29-33)19-2-1-13-34-19/h1-6,13-14H,7-12H2,(H2,26,28). The number of halogens is 2. The Balaban J connectivity index is 1.17. The molecule has 5 heterocycles. The first-order valence-electron chi connectivity index (χ1n) is 11.0. The molecule has 0 amide bonds. The van der Waals surface area contributed by atoms with Gasteiger partial charge in [-0.25, -0.2) is 4.98 Å². The summed E-state index contributed by atoms with van der Waals surface area (Å²) in [6, 6.07) is 11.3. The number of furan rings is 1. The Bertz CT molecular complexity index is 1470. The summed E-state index contributed by atoms with van der Waals surface area (Å²) in [5, 5.41) is 6.71. The van der Waals surface area contributed by atoms with E-state index >= 15 is 0 Å². The first-order chi connectivity index (χ1) is 16.6. The van der Waals surface area contributed by atoms with Gasteiger partial charge >= 0.3 is 0 Å². The molecule has 174 valence electrons. The van der Waals surface area contributed by atoms with Gasteiger partial charge in [-0.3, -0.25) is 4.90 Å². The van der Waals surface area contributed by atoms with Gasteiger partial charge in [0.15, 0.2) is 11.4 Å². The van der Waals surface area contributed by atoms with Gasteiger partial charge in [0.2, 0.25) is 11.8 Å². The van der Waals surface area contributed by atoms with Crippen molar-refractivity contribution in [3.05, 3.63) is 58.9 Å². The molecule has 34 heavy (non-hydrogen) atoms. The van der Waals surface area contributed by atoms with Gasteiger partial charge in [-0.1, -0.05) is 23.2 Å². The second-order valence-electron chi connectivity index (χ2n) is 8.29. The predicted molar refractivity (Wildman–Crippen MR) is 134 cm³/mol. The number of nitrogen functional groups attached to an aromatic ring is 1. The zero-order valence-electron chi connectivity index (χ0n) is 18.2. The van der Waals surface area contributed by atoms with E-state index in [0.717, 1.165) is 56.0 Å². The molecule has 4 aromatic heterocycles. The smallest absolute Gasteiger partial charge is 0.225 e. The third kappa shape index (κ3) is 3.75. The van der Waals surface area contributed by atoms with E-state index in [9.17, 15) is 0 Å². The highest BCUT2D eigenvalue weighted by atomic mass is 35.5. The second-order valence-corrected chi connectivity index (χ2v) is 9.13. The van der Waals surface area contributed by atoms with Crippen LogP contribution in [0.15, 0.2) is 53.3 Å². The first kappa shape index (κ1) is 21.3. The summed E-state index contributed by atoms with van der Waals surface area (Å²) in [5.41, 5.74) is 8.72. The molecule has 0 saturated carbocycles. The van der Waals surface area contributed by atoms with Crippen LogP contribution in [0.25, 0.3) is 28.3 Å². The van der Waals surface area contributed by atoms with Crippen molar-refractivity contribution < 1.29 is 4.42 Å². The van der Waals surface area contributed by atoms with Crippen molar-refractivity contribution in [2.75, 3.05) is 43.4 Å². The van der Waals surface area contributed by atoms with Crippen molar-refractivity contribution in [2.24, 2.45) is 0 Å². The summed E-state index contributed by atoms with van der Waals surface area (Å²) in [5.74, 6) is 1.37. The molecule has 0 spiro atoms. The third-order valence-corrected chi connectivity index (χ3v) is 6.78. The van der Waals surface area contributed by atoms with Crippen LogP contribution >= 0.6 is 23.2 Å². The fourth-order valence-electron chi connectivity index (χ4n) is 4.46. The molecule has 0 atom stereocenters. The summed E-state index contributed by atoms with van der Waals surface area (Å²) < 4.78 is 9.11. The Morgan fingerprint density at radius 3 is 2.59 bits per heavy atom. The molecule has 0 aliphatic carbocycles. The van der Waals surface area contributed by atoms with Crippen LogP contribution in [0.1, 0.15) is 0 Å². The van der Waals surface area contributed by atoms with Gasteiger partial charge in [0, 0.05) is 50.5 Å². The number of fused-ring (bicyclic) bond motifs is 3. The topological polar surface area (TPSA) is 93.6 Å². The largest absolute Gasteiger partial charge is 0.461 e. The summed E-state index contributed by atoms with van der Waals surface area (Å²) >= 11 is 12.4. The molecule has 11 heteroatoms. The van der Waals surface area contributed by atoms with Crippen molar-refractivity contribution in [2.45, 2.75) is 6.54 Å². The molecule has 1 aliphatic rings. The molecule has 5 aromatic rings. The summed E-state index contributed by atoms with van der Waals surface area (Å²) in [4.78, 5) is 14.0. The number of piperazine rings is 1. The van der Waals surface area contributed by atoms with Crippen LogP contribution in [-0.4, -0.2) is 61.8 Å². The molecular weight excluding hydrogens is 475 g/mol. The lowest BCUT2D eigenvalue weighted by Crippen LogP contribution is -2.47. The molecule has 0 unspecified atom stereocenters. The SMILES string of the molecule is Nc1nc2c(ccn2CCN2CCN(c3ccc(Cl)cc3Cl)CC2)c2nc(-c3ccco3)nn12. The van der Waals surface area contributed by atoms with Crippen molar-refractivity contribution in [1.29, 1.82) is 0 Å². The average molecular weight is 497 g/mol. The number of anilines is 2. The summed E-state index contributed by atoms with van der Waals surface area (Å²) in [6.45, 7) is 5.43. The number of benzene rings is 1. The van der Waals surface area contributed by atoms with Crippen LogP contribution in [0.2, 0.25) is 10.0 Å². The van der Waals surface area contributed by atoms with E-state index in [4.69, 9.17) is 33.4 Å². The maximum atomic E-state index is 6.39. The van der Waals surface area contributed by atoms with Crippen LogP contribution in [0, 0.1) is 0 Å². The number of nitrogens with two attached hydrogens (primary N) is 1. The van der Waals surface area contributed by atoms with Crippen LogP contribution in [-0.2, 0) is 6.54 Å². The van der Waals surface area contributed by atoms with E-state index in [2.05, 4.69) is 29.4 Å². The van der Waals surface area contributed by atoms with Gasteiger partial charge in [-0.2, -0.15) is 9.50 Å². The zero-order chi connectivity index (χ0) is 23.2. The van der Waals surface area contributed by atoms with Crippen molar-refractivity contribution in [1.82, 2.24) is 29.0 Å². The van der Waals surface area contributed by atoms with Gasteiger partial charge in [-0.15, -0.1) is 5.10 Å². The molecule has 0 radical (unpaired) electrons. The molecule has 9 nitrogen and oxygen atoms in total. The van der Waals surface area contributed by atoms with E-state index in [-0.39, 0.29) is 0 Å². The maximum Gasteiger partial charge on any atom is 0.225 e. The minimum atomic E-state index is 0.293.